The molecule has 2 rings (SSSR count). The molecule has 0 bridgehead atoms. The van der Waals surface area contributed by atoms with Gasteiger partial charge in [-0.15, -0.1) is 0 Å². The molecule has 0 unspecified atom stereocenters. The van der Waals surface area contributed by atoms with Crippen molar-refractivity contribution in [2.45, 2.75) is 13.0 Å². The van der Waals surface area contributed by atoms with Gasteiger partial charge in [0.25, 0.3) is 0 Å². The second-order valence-electron chi connectivity index (χ2n) is 4.31. The van der Waals surface area contributed by atoms with Crippen molar-refractivity contribution >= 4 is 17.6 Å². The van der Waals surface area contributed by atoms with Gasteiger partial charge in [-0.1, -0.05) is 48.0 Å². The first-order chi connectivity index (χ1) is 9.63. The molecule has 0 heterocycles. The summed E-state index contributed by atoms with van der Waals surface area (Å²) in [6, 6.07) is 14.6. The highest BCUT2D eigenvalue weighted by atomic mass is 35.5. The molecule has 104 valence electrons. The molecular weight excluding hydrogens is 276 g/mol. The second kappa shape index (κ2) is 6.44. The predicted molar refractivity (Wildman–Crippen MR) is 78.0 cm³/mol. The number of rotatable bonds is 4. The van der Waals surface area contributed by atoms with E-state index in [0.717, 1.165) is 5.56 Å². The van der Waals surface area contributed by atoms with Crippen LogP contribution in [0, 0.1) is 6.92 Å². The van der Waals surface area contributed by atoms with Crippen LogP contribution >= 0.6 is 11.6 Å². The number of hydrogen-bond donors (Lipinski definition) is 0. The van der Waals surface area contributed by atoms with E-state index in [9.17, 15) is 4.79 Å². The van der Waals surface area contributed by atoms with Crippen molar-refractivity contribution in [3.05, 3.63) is 64.7 Å². The SMILES string of the molecule is COC(=O)[C@@H](Oc1ccccc1C)c1ccccc1Cl. The summed E-state index contributed by atoms with van der Waals surface area (Å²) < 4.78 is 10.6. The Bertz CT molecular complexity index is 610. The van der Waals surface area contributed by atoms with Crippen LogP contribution in [0.5, 0.6) is 5.75 Å². The van der Waals surface area contributed by atoms with Crippen molar-refractivity contribution in [1.29, 1.82) is 0 Å². The number of benzene rings is 2. The number of aryl methyl sites for hydroxylation is 1. The van der Waals surface area contributed by atoms with E-state index in [2.05, 4.69) is 0 Å². The molecule has 1 atom stereocenters. The van der Waals surface area contributed by atoms with Crippen LogP contribution in [-0.4, -0.2) is 13.1 Å². The van der Waals surface area contributed by atoms with Crippen LogP contribution in [0.3, 0.4) is 0 Å². The van der Waals surface area contributed by atoms with Crippen molar-refractivity contribution < 1.29 is 14.3 Å². The van der Waals surface area contributed by atoms with Gasteiger partial charge in [-0.05, 0) is 24.6 Å². The highest BCUT2D eigenvalue weighted by Crippen LogP contribution is 2.29. The molecule has 2 aromatic rings. The molecule has 3 nitrogen and oxygen atoms in total. The molecule has 0 aliphatic carbocycles. The van der Waals surface area contributed by atoms with Crippen LogP contribution in [-0.2, 0) is 9.53 Å². The first-order valence-electron chi connectivity index (χ1n) is 6.18. The molecule has 4 heteroatoms. The number of halogens is 1. The van der Waals surface area contributed by atoms with Gasteiger partial charge in [0.05, 0.1) is 7.11 Å². The topological polar surface area (TPSA) is 35.5 Å². The third-order valence-corrected chi connectivity index (χ3v) is 3.29. The van der Waals surface area contributed by atoms with Crippen LogP contribution in [0.25, 0.3) is 0 Å². The van der Waals surface area contributed by atoms with E-state index in [1.165, 1.54) is 7.11 Å². The monoisotopic (exact) mass is 290 g/mol. The van der Waals surface area contributed by atoms with Crippen LogP contribution in [0.1, 0.15) is 17.2 Å². The quantitative estimate of drug-likeness (QED) is 0.800. The average molecular weight is 291 g/mol. The summed E-state index contributed by atoms with van der Waals surface area (Å²) in [4.78, 5) is 12.0. The number of esters is 1. The first kappa shape index (κ1) is 14.4. The van der Waals surface area contributed by atoms with Gasteiger partial charge in [0.2, 0.25) is 6.10 Å². The van der Waals surface area contributed by atoms with Gasteiger partial charge >= 0.3 is 5.97 Å². The summed E-state index contributed by atoms with van der Waals surface area (Å²) in [6.45, 7) is 1.91. The first-order valence-corrected chi connectivity index (χ1v) is 6.56. The standard InChI is InChI=1S/C16H15ClO3/c1-11-7-3-6-10-14(11)20-15(16(18)19-2)12-8-4-5-9-13(12)17/h3-10,15H,1-2H3/t15-/m0/s1. The van der Waals surface area contributed by atoms with Crippen molar-refractivity contribution in [1.82, 2.24) is 0 Å². The lowest BCUT2D eigenvalue weighted by atomic mass is 10.1. The predicted octanol–water partition coefficient (Wildman–Crippen LogP) is 3.94. The number of methoxy groups -OCH3 is 1. The van der Waals surface area contributed by atoms with Crippen LogP contribution in [0.2, 0.25) is 5.02 Å². The normalized spacial score (nSPS) is 11.8. The van der Waals surface area contributed by atoms with Crippen molar-refractivity contribution in [3.63, 3.8) is 0 Å². The van der Waals surface area contributed by atoms with Gasteiger partial charge in [0.15, 0.2) is 0 Å². The van der Waals surface area contributed by atoms with Crippen molar-refractivity contribution in [3.8, 4) is 5.75 Å². The Balaban J connectivity index is 2.37. The van der Waals surface area contributed by atoms with Gasteiger partial charge in [0, 0.05) is 10.6 Å². The fourth-order valence-electron chi connectivity index (χ4n) is 1.85. The zero-order valence-corrected chi connectivity index (χ0v) is 12.1. The van der Waals surface area contributed by atoms with Crippen LogP contribution in [0.15, 0.2) is 48.5 Å². The minimum absolute atomic E-state index is 0.469. The van der Waals surface area contributed by atoms with E-state index in [1.807, 2.05) is 31.2 Å². The van der Waals surface area contributed by atoms with Gasteiger partial charge in [-0.25, -0.2) is 4.79 Å². The van der Waals surface area contributed by atoms with Crippen molar-refractivity contribution in [2.75, 3.05) is 7.11 Å². The Hall–Kier alpha value is -2.00. The molecule has 0 fully saturated rings. The Kier molecular flexibility index (Phi) is 4.64. The molecule has 20 heavy (non-hydrogen) atoms. The number of ether oxygens (including phenoxy) is 2. The Morgan fingerprint density at radius 1 is 1.10 bits per heavy atom. The molecule has 0 spiro atoms. The van der Waals surface area contributed by atoms with Gasteiger partial charge in [-0.2, -0.15) is 0 Å². The summed E-state index contributed by atoms with van der Waals surface area (Å²) in [5.74, 6) is 0.143. The molecular formula is C16H15ClO3. The molecule has 0 amide bonds. The zero-order valence-electron chi connectivity index (χ0n) is 11.3. The average Bonchev–Trinajstić information content (AvgIpc) is 2.47. The number of para-hydroxylation sites is 1. The van der Waals surface area contributed by atoms with E-state index >= 15 is 0 Å². The zero-order chi connectivity index (χ0) is 14.5. The molecule has 0 N–H and O–H groups in total. The Morgan fingerprint density at radius 2 is 1.75 bits per heavy atom. The van der Waals surface area contributed by atoms with E-state index in [1.54, 1.807) is 24.3 Å². The smallest absolute Gasteiger partial charge is 0.351 e. The summed E-state index contributed by atoms with van der Waals surface area (Å²) in [7, 11) is 1.33. The summed E-state index contributed by atoms with van der Waals surface area (Å²) >= 11 is 6.14. The number of carbonyl (C=O) groups is 1. The third kappa shape index (κ3) is 3.11. The third-order valence-electron chi connectivity index (χ3n) is 2.94. The van der Waals surface area contributed by atoms with E-state index in [-0.39, 0.29) is 0 Å². The molecule has 0 aliphatic rings. The van der Waals surface area contributed by atoms with Gasteiger partial charge in [-0.3, -0.25) is 0 Å². The van der Waals surface area contributed by atoms with Gasteiger partial charge in [0.1, 0.15) is 5.75 Å². The molecule has 0 saturated carbocycles. The van der Waals surface area contributed by atoms with Gasteiger partial charge < -0.3 is 9.47 Å². The molecule has 0 saturated heterocycles. The summed E-state index contributed by atoms with van der Waals surface area (Å²) in [5, 5.41) is 0.469. The van der Waals surface area contributed by atoms with Crippen LogP contribution < -0.4 is 4.74 Å². The molecule has 0 aromatic heterocycles. The highest BCUT2D eigenvalue weighted by molar-refractivity contribution is 6.31. The second-order valence-corrected chi connectivity index (χ2v) is 4.72. The lowest BCUT2D eigenvalue weighted by Crippen LogP contribution is -2.21. The molecule has 2 aromatic carbocycles. The number of carbonyl (C=O) groups excluding carboxylic acids is 1. The van der Waals surface area contributed by atoms with E-state index < -0.39 is 12.1 Å². The Labute approximate surface area is 123 Å². The van der Waals surface area contributed by atoms with Crippen molar-refractivity contribution in [2.24, 2.45) is 0 Å². The lowest BCUT2D eigenvalue weighted by Gasteiger charge is -2.19. The summed E-state index contributed by atoms with van der Waals surface area (Å²) in [5.41, 5.74) is 1.53. The minimum atomic E-state index is -0.880. The molecule has 0 radical (unpaired) electrons. The maximum absolute atomic E-state index is 12.0. The largest absolute Gasteiger partial charge is 0.474 e. The maximum atomic E-state index is 12.0. The van der Waals surface area contributed by atoms with E-state index in [0.29, 0.717) is 16.3 Å². The lowest BCUT2D eigenvalue weighted by molar-refractivity contribution is -0.149. The fraction of sp³-hybridized carbons (Fsp3) is 0.188. The Morgan fingerprint density at radius 3 is 2.40 bits per heavy atom. The van der Waals surface area contributed by atoms with E-state index in [4.69, 9.17) is 21.1 Å². The number of hydrogen-bond acceptors (Lipinski definition) is 3. The fourth-order valence-corrected chi connectivity index (χ4v) is 2.08. The van der Waals surface area contributed by atoms with Crippen LogP contribution in [0.4, 0.5) is 0 Å². The highest BCUT2D eigenvalue weighted by Gasteiger charge is 2.26. The summed E-state index contributed by atoms with van der Waals surface area (Å²) in [6.07, 6.45) is -0.880. The maximum Gasteiger partial charge on any atom is 0.351 e. The minimum Gasteiger partial charge on any atom is -0.474 e. The molecule has 0 aliphatic heterocycles.